The van der Waals surface area contributed by atoms with E-state index in [1.54, 1.807) is 35.4 Å². The average Bonchev–Trinajstić information content (AvgIpc) is 3.47. The van der Waals surface area contributed by atoms with Crippen LogP contribution >= 0.6 is 0 Å². The summed E-state index contributed by atoms with van der Waals surface area (Å²) in [5, 5.41) is 32.7. The summed E-state index contributed by atoms with van der Waals surface area (Å²) in [6.07, 6.45) is 1.76. The number of nitro groups is 1. The Morgan fingerprint density at radius 2 is 2.06 bits per heavy atom. The fraction of sp³-hybridized carbons (Fsp3) is 0.150. The van der Waals surface area contributed by atoms with E-state index in [1.807, 2.05) is 6.07 Å². The van der Waals surface area contributed by atoms with E-state index < -0.39 is 23.1 Å². The van der Waals surface area contributed by atoms with Gasteiger partial charge in [0.05, 0.1) is 35.3 Å². The topological polar surface area (TPSA) is 164 Å². The van der Waals surface area contributed by atoms with Crippen molar-refractivity contribution in [1.29, 1.82) is 5.26 Å². The predicted molar refractivity (Wildman–Crippen MR) is 110 cm³/mol. The Morgan fingerprint density at radius 1 is 1.32 bits per heavy atom. The molecular weight excluding hydrogens is 459 g/mol. The number of aromatic amines is 1. The smallest absolute Gasteiger partial charge is 0.475 e. The van der Waals surface area contributed by atoms with Crippen LogP contribution in [0.3, 0.4) is 0 Å². The standard InChI is InChI=1S/C18H13N7O2.C2HF3O2/c19-6-4-16(12-2-1-3-14(8-12)25(26)27)24-10-13(9-23-24)17-15-5-7-20-18(15)22-11-21-17;3-2(4,5)1(6)7/h1-3,5,7-11,16H,4H2,(H,20,21,22);(H,6,7). The van der Waals surface area contributed by atoms with E-state index >= 15 is 0 Å². The maximum Gasteiger partial charge on any atom is 0.490 e. The van der Waals surface area contributed by atoms with Crippen molar-refractivity contribution in [3.05, 3.63) is 70.9 Å². The molecule has 0 fully saturated rings. The zero-order valence-corrected chi connectivity index (χ0v) is 17.0. The fourth-order valence-electron chi connectivity index (χ4n) is 3.03. The highest BCUT2D eigenvalue weighted by Gasteiger charge is 2.38. The van der Waals surface area contributed by atoms with Gasteiger partial charge in [-0.1, -0.05) is 12.1 Å². The summed E-state index contributed by atoms with van der Waals surface area (Å²) in [6, 6.07) is 9.83. The van der Waals surface area contributed by atoms with Crippen molar-refractivity contribution in [2.75, 3.05) is 0 Å². The van der Waals surface area contributed by atoms with Crippen molar-refractivity contribution in [2.45, 2.75) is 18.6 Å². The summed E-state index contributed by atoms with van der Waals surface area (Å²) < 4.78 is 33.4. The minimum Gasteiger partial charge on any atom is -0.475 e. The molecule has 0 aliphatic heterocycles. The number of aromatic nitrogens is 5. The van der Waals surface area contributed by atoms with Crippen LogP contribution < -0.4 is 0 Å². The van der Waals surface area contributed by atoms with Gasteiger partial charge in [-0.15, -0.1) is 0 Å². The van der Waals surface area contributed by atoms with E-state index in [0.717, 1.165) is 22.3 Å². The molecule has 174 valence electrons. The maximum absolute atomic E-state index is 11.1. The van der Waals surface area contributed by atoms with Crippen LogP contribution in [0, 0.1) is 21.4 Å². The zero-order valence-electron chi connectivity index (χ0n) is 17.0. The van der Waals surface area contributed by atoms with Crippen molar-refractivity contribution in [2.24, 2.45) is 0 Å². The fourth-order valence-corrected chi connectivity index (χ4v) is 3.03. The van der Waals surface area contributed by atoms with E-state index in [-0.39, 0.29) is 12.1 Å². The molecule has 1 unspecified atom stereocenters. The number of aliphatic carboxylic acids is 1. The third-order valence-electron chi connectivity index (χ3n) is 4.54. The van der Waals surface area contributed by atoms with E-state index in [4.69, 9.17) is 9.90 Å². The highest BCUT2D eigenvalue weighted by molar-refractivity contribution is 5.90. The molecule has 1 aromatic carbocycles. The quantitative estimate of drug-likeness (QED) is 0.326. The Hall–Kier alpha value is -4.80. The molecule has 0 aliphatic rings. The van der Waals surface area contributed by atoms with Crippen LogP contribution in [0.1, 0.15) is 18.0 Å². The summed E-state index contributed by atoms with van der Waals surface area (Å²) >= 11 is 0. The lowest BCUT2D eigenvalue weighted by atomic mass is 10.0. The van der Waals surface area contributed by atoms with Crippen molar-refractivity contribution in [3.8, 4) is 17.3 Å². The monoisotopic (exact) mass is 473 g/mol. The SMILES string of the molecule is N#CCC(c1cccc([N+](=O)[O-])c1)n1cc(-c2ncnc3[nH]ccc23)cn1.O=C(O)C(F)(F)F. The lowest BCUT2D eigenvalue weighted by Crippen LogP contribution is -2.21. The van der Waals surface area contributed by atoms with Gasteiger partial charge < -0.3 is 10.1 Å². The molecule has 0 radical (unpaired) electrons. The van der Waals surface area contributed by atoms with Crippen molar-refractivity contribution < 1.29 is 28.0 Å². The van der Waals surface area contributed by atoms with Crippen molar-refractivity contribution in [1.82, 2.24) is 24.7 Å². The summed E-state index contributed by atoms with van der Waals surface area (Å²) in [7, 11) is 0. The summed E-state index contributed by atoms with van der Waals surface area (Å²) in [6.45, 7) is 0. The molecule has 0 aliphatic carbocycles. The van der Waals surface area contributed by atoms with E-state index in [9.17, 15) is 28.5 Å². The third kappa shape index (κ3) is 5.33. The molecular formula is C20H14F3N7O4. The Morgan fingerprint density at radius 3 is 2.71 bits per heavy atom. The number of alkyl halides is 3. The van der Waals surface area contributed by atoms with Crippen molar-refractivity contribution >= 4 is 22.7 Å². The van der Waals surface area contributed by atoms with Gasteiger partial charge in [0.15, 0.2) is 0 Å². The molecule has 0 amide bonds. The molecule has 0 saturated carbocycles. The van der Waals surface area contributed by atoms with Gasteiger partial charge in [-0.25, -0.2) is 14.8 Å². The molecule has 34 heavy (non-hydrogen) atoms. The first kappa shape index (κ1) is 23.9. The number of nitrogens with zero attached hydrogens (tertiary/aromatic N) is 6. The zero-order chi connectivity index (χ0) is 24.9. The molecule has 4 aromatic rings. The highest BCUT2D eigenvalue weighted by atomic mass is 19.4. The number of benzene rings is 1. The van der Waals surface area contributed by atoms with Crippen LogP contribution in [0.5, 0.6) is 0 Å². The molecule has 3 aromatic heterocycles. The van der Waals surface area contributed by atoms with Gasteiger partial charge in [0.2, 0.25) is 0 Å². The largest absolute Gasteiger partial charge is 0.490 e. The number of halogens is 3. The molecule has 3 heterocycles. The summed E-state index contributed by atoms with van der Waals surface area (Å²) in [5.41, 5.74) is 2.85. The van der Waals surface area contributed by atoms with Gasteiger partial charge in [-0.2, -0.15) is 23.5 Å². The number of nitriles is 1. The van der Waals surface area contributed by atoms with Crippen molar-refractivity contribution in [3.63, 3.8) is 0 Å². The number of nitro benzene ring substituents is 1. The first-order valence-electron chi connectivity index (χ1n) is 9.36. The second kappa shape index (κ2) is 9.77. The number of rotatable bonds is 5. The molecule has 0 spiro atoms. The van der Waals surface area contributed by atoms with E-state index in [0.29, 0.717) is 5.56 Å². The summed E-state index contributed by atoms with van der Waals surface area (Å²) in [5.74, 6) is -2.76. The first-order valence-corrected chi connectivity index (χ1v) is 9.36. The number of nitrogens with one attached hydrogen (secondary N) is 1. The van der Waals surface area contributed by atoms with Crippen LogP contribution in [0.2, 0.25) is 0 Å². The van der Waals surface area contributed by atoms with Gasteiger partial charge in [0.25, 0.3) is 5.69 Å². The van der Waals surface area contributed by atoms with Crippen LogP contribution in [0.15, 0.2) is 55.2 Å². The Labute approximate surface area is 188 Å². The number of non-ortho nitro benzene ring substituents is 1. The van der Waals surface area contributed by atoms with Gasteiger partial charge in [-0.05, 0) is 11.6 Å². The van der Waals surface area contributed by atoms with Gasteiger partial charge in [-0.3, -0.25) is 14.8 Å². The Balaban J connectivity index is 0.000000406. The molecule has 0 saturated heterocycles. The van der Waals surface area contributed by atoms with Gasteiger partial charge >= 0.3 is 12.1 Å². The molecule has 14 heteroatoms. The Bertz CT molecular complexity index is 1370. The van der Waals surface area contributed by atoms with Gasteiger partial charge in [0.1, 0.15) is 12.0 Å². The van der Waals surface area contributed by atoms with Crippen LogP contribution in [-0.4, -0.2) is 46.9 Å². The number of fused-ring (bicyclic) bond motifs is 1. The number of carboxylic acids is 1. The lowest BCUT2D eigenvalue weighted by molar-refractivity contribution is -0.384. The number of H-pyrrole nitrogens is 1. The summed E-state index contributed by atoms with van der Waals surface area (Å²) in [4.78, 5) is 31.0. The van der Waals surface area contributed by atoms with Crippen LogP contribution in [0.25, 0.3) is 22.3 Å². The predicted octanol–water partition coefficient (Wildman–Crippen LogP) is 3.87. The lowest BCUT2D eigenvalue weighted by Gasteiger charge is -2.14. The number of carbonyl (C=O) groups is 1. The molecule has 1 atom stereocenters. The number of hydrogen-bond donors (Lipinski definition) is 2. The Kier molecular flexibility index (Phi) is 6.86. The molecule has 2 N–H and O–H groups in total. The second-order valence-electron chi connectivity index (χ2n) is 6.70. The van der Waals surface area contributed by atoms with Crippen LogP contribution in [0.4, 0.5) is 18.9 Å². The number of carboxylic acid groups (broad SMARTS) is 1. The number of hydrogen-bond acceptors (Lipinski definition) is 7. The molecule has 4 rings (SSSR count). The second-order valence-corrected chi connectivity index (χ2v) is 6.70. The molecule has 0 bridgehead atoms. The first-order chi connectivity index (χ1) is 16.1. The van der Waals surface area contributed by atoms with E-state index in [1.165, 1.54) is 18.5 Å². The highest BCUT2D eigenvalue weighted by Crippen LogP contribution is 2.29. The normalized spacial score (nSPS) is 11.8. The van der Waals surface area contributed by atoms with Crippen LogP contribution in [-0.2, 0) is 4.79 Å². The minimum atomic E-state index is -5.08. The average molecular weight is 473 g/mol. The van der Waals surface area contributed by atoms with Gasteiger partial charge in [0, 0.05) is 35.5 Å². The molecule has 11 nitrogen and oxygen atoms in total. The van der Waals surface area contributed by atoms with E-state index in [2.05, 4.69) is 26.1 Å². The minimum absolute atomic E-state index is 0.0207. The maximum atomic E-state index is 11.1. The third-order valence-corrected chi connectivity index (χ3v) is 4.54.